The standard InChI is InChI=1S/C16H15ClO/c1-11(2)16(18)14-5-3-4-13(10-14)12-6-8-15(17)9-7-12/h3-11H,1-2H3. The molecule has 0 saturated heterocycles. The molecule has 0 fully saturated rings. The number of benzene rings is 2. The van der Waals surface area contributed by atoms with E-state index in [1.165, 1.54) is 0 Å². The molecule has 2 rings (SSSR count). The van der Waals surface area contributed by atoms with Crippen molar-refractivity contribution in [3.63, 3.8) is 0 Å². The Balaban J connectivity index is 2.38. The number of hydrogen-bond acceptors (Lipinski definition) is 1. The number of Topliss-reactive ketones (excluding diaryl/α,β-unsaturated/α-hetero) is 1. The van der Waals surface area contributed by atoms with Gasteiger partial charge in [-0.2, -0.15) is 0 Å². The normalized spacial score (nSPS) is 10.7. The molecule has 0 bridgehead atoms. The van der Waals surface area contributed by atoms with Gasteiger partial charge in [-0.05, 0) is 29.3 Å². The van der Waals surface area contributed by atoms with Crippen LogP contribution in [0.1, 0.15) is 24.2 Å². The van der Waals surface area contributed by atoms with E-state index in [1.807, 2.05) is 62.4 Å². The van der Waals surface area contributed by atoms with Gasteiger partial charge in [0, 0.05) is 16.5 Å². The third kappa shape index (κ3) is 2.80. The molecule has 0 spiro atoms. The average Bonchev–Trinajstić information content (AvgIpc) is 2.38. The zero-order valence-corrected chi connectivity index (χ0v) is 11.2. The molecule has 0 aliphatic carbocycles. The summed E-state index contributed by atoms with van der Waals surface area (Å²) in [6.45, 7) is 3.83. The predicted molar refractivity (Wildman–Crippen MR) is 76.1 cm³/mol. The molecule has 0 unspecified atom stereocenters. The van der Waals surface area contributed by atoms with Gasteiger partial charge in [-0.15, -0.1) is 0 Å². The maximum absolute atomic E-state index is 12.0. The summed E-state index contributed by atoms with van der Waals surface area (Å²) < 4.78 is 0. The van der Waals surface area contributed by atoms with Crippen LogP contribution in [0, 0.1) is 5.92 Å². The lowest BCUT2D eigenvalue weighted by atomic mass is 9.97. The Hall–Kier alpha value is -1.60. The van der Waals surface area contributed by atoms with Crippen molar-refractivity contribution in [2.75, 3.05) is 0 Å². The third-order valence-corrected chi connectivity index (χ3v) is 3.10. The van der Waals surface area contributed by atoms with Crippen LogP contribution in [0.25, 0.3) is 11.1 Å². The van der Waals surface area contributed by atoms with Crippen LogP contribution >= 0.6 is 11.6 Å². The molecule has 2 heteroatoms. The van der Waals surface area contributed by atoms with Crippen LogP contribution in [0.5, 0.6) is 0 Å². The van der Waals surface area contributed by atoms with Gasteiger partial charge in [0.05, 0.1) is 0 Å². The fourth-order valence-corrected chi connectivity index (χ4v) is 1.95. The lowest BCUT2D eigenvalue weighted by molar-refractivity contribution is 0.0939. The number of ketones is 1. The van der Waals surface area contributed by atoms with E-state index < -0.39 is 0 Å². The lowest BCUT2D eigenvalue weighted by Crippen LogP contribution is -2.07. The molecule has 0 heterocycles. The summed E-state index contributed by atoms with van der Waals surface area (Å²) in [5, 5.41) is 0.716. The van der Waals surface area contributed by atoms with Crippen LogP contribution in [-0.2, 0) is 0 Å². The Morgan fingerprint density at radius 1 is 1.00 bits per heavy atom. The molecule has 92 valence electrons. The largest absolute Gasteiger partial charge is 0.294 e. The first-order valence-electron chi connectivity index (χ1n) is 5.98. The summed E-state index contributed by atoms with van der Waals surface area (Å²) >= 11 is 5.87. The average molecular weight is 259 g/mol. The van der Waals surface area contributed by atoms with Crippen molar-refractivity contribution in [1.82, 2.24) is 0 Å². The highest BCUT2D eigenvalue weighted by atomic mass is 35.5. The second-order valence-electron chi connectivity index (χ2n) is 4.61. The molecule has 2 aromatic rings. The highest BCUT2D eigenvalue weighted by molar-refractivity contribution is 6.30. The molecule has 0 N–H and O–H groups in total. The Morgan fingerprint density at radius 2 is 1.67 bits per heavy atom. The Kier molecular flexibility index (Phi) is 3.83. The van der Waals surface area contributed by atoms with Crippen molar-refractivity contribution in [2.45, 2.75) is 13.8 Å². The van der Waals surface area contributed by atoms with E-state index >= 15 is 0 Å². The smallest absolute Gasteiger partial charge is 0.165 e. The quantitative estimate of drug-likeness (QED) is 0.720. The van der Waals surface area contributed by atoms with Crippen LogP contribution in [0.15, 0.2) is 48.5 Å². The molecule has 0 aliphatic rings. The summed E-state index contributed by atoms with van der Waals surface area (Å²) in [5.74, 6) is 0.191. The number of carbonyl (C=O) groups excluding carboxylic acids is 1. The van der Waals surface area contributed by atoms with Gasteiger partial charge in [0.25, 0.3) is 0 Å². The van der Waals surface area contributed by atoms with E-state index in [0.717, 1.165) is 16.7 Å². The maximum Gasteiger partial charge on any atom is 0.165 e. The zero-order chi connectivity index (χ0) is 13.1. The second-order valence-corrected chi connectivity index (χ2v) is 5.04. The fraction of sp³-hybridized carbons (Fsp3) is 0.188. The first-order valence-corrected chi connectivity index (χ1v) is 6.36. The van der Waals surface area contributed by atoms with E-state index in [-0.39, 0.29) is 11.7 Å². The molecule has 0 atom stereocenters. The van der Waals surface area contributed by atoms with Gasteiger partial charge in [-0.25, -0.2) is 0 Å². The first-order chi connectivity index (χ1) is 8.58. The van der Waals surface area contributed by atoms with Gasteiger partial charge >= 0.3 is 0 Å². The highest BCUT2D eigenvalue weighted by Gasteiger charge is 2.10. The molecule has 18 heavy (non-hydrogen) atoms. The van der Waals surface area contributed by atoms with E-state index in [2.05, 4.69) is 0 Å². The van der Waals surface area contributed by atoms with Crippen LogP contribution in [0.4, 0.5) is 0 Å². The van der Waals surface area contributed by atoms with Crippen molar-refractivity contribution in [3.8, 4) is 11.1 Å². The Bertz CT molecular complexity index is 556. The SMILES string of the molecule is CC(C)C(=O)c1cccc(-c2ccc(Cl)cc2)c1. The van der Waals surface area contributed by atoms with Crippen molar-refractivity contribution in [2.24, 2.45) is 5.92 Å². The van der Waals surface area contributed by atoms with Crippen LogP contribution in [0.3, 0.4) is 0 Å². The predicted octanol–water partition coefficient (Wildman–Crippen LogP) is 4.85. The van der Waals surface area contributed by atoms with Gasteiger partial charge in [-0.3, -0.25) is 4.79 Å². The number of rotatable bonds is 3. The monoisotopic (exact) mass is 258 g/mol. The number of halogens is 1. The second kappa shape index (κ2) is 5.36. The Labute approximate surface area is 112 Å². The maximum atomic E-state index is 12.0. The molecule has 0 amide bonds. The van der Waals surface area contributed by atoms with Gasteiger partial charge in [0.2, 0.25) is 0 Å². The van der Waals surface area contributed by atoms with Gasteiger partial charge in [0.1, 0.15) is 0 Å². The number of carbonyl (C=O) groups is 1. The molecule has 1 nitrogen and oxygen atoms in total. The Morgan fingerprint density at radius 3 is 2.28 bits per heavy atom. The molecule has 0 radical (unpaired) electrons. The minimum atomic E-state index is 0.0190. The van der Waals surface area contributed by atoms with Gasteiger partial charge in [0.15, 0.2) is 5.78 Å². The van der Waals surface area contributed by atoms with Crippen LogP contribution in [0.2, 0.25) is 5.02 Å². The van der Waals surface area contributed by atoms with Crippen molar-refractivity contribution in [1.29, 1.82) is 0 Å². The van der Waals surface area contributed by atoms with Crippen molar-refractivity contribution in [3.05, 3.63) is 59.1 Å². The van der Waals surface area contributed by atoms with E-state index in [9.17, 15) is 4.79 Å². The fourth-order valence-electron chi connectivity index (χ4n) is 1.83. The van der Waals surface area contributed by atoms with E-state index in [1.54, 1.807) is 0 Å². The van der Waals surface area contributed by atoms with Crippen LogP contribution in [-0.4, -0.2) is 5.78 Å². The van der Waals surface area contributed by atoms with Gasteiger partial charge < -0.3 is 0 Å². The molecular formula is C16H15ClO. The summed E-state index contributed by atoms with van der Waals surface area (Å²) in [6.07, 6.45) is 0. The highest BCUT2D eigenvalue weighted by Crippen LogP contribution is 2.23. The molecular weight excluding hydrogens is 244 g/mol. The van der Waals surface area contributed by atoms with Gasteiger partial charge in [-0.1, -0.05) is 55.8 Å². The molecule has 0 aromatic heterocycles. The topological polar surface area (TPSA) is 17.1 Å². The van der Waals surface area contributed by atoms with Crippen molar-refractivity contribution >= 4 is 17.4 Å². The van der Waals surface area contributed by atoms with Crippen molar-refractivity contribution < 1.29 is 4.79 Å². The minimum absolute atomic E-state index is 0.0190. The zero-order valence-electron chi connectivity index (χ0n) is 10.5. The summed E-state index contributed by atoms with van der Waals surface area (Å²) in [6, 6.07) is 15.3. The summed E-state index contributed by atoms with van der Waals surface area (Å²) in [4.78, 5) is 12.0. The molecule has 2 aromatic carbocycles. The summed E-state index contributed by atoms with van der Waals surface area (Å²) in [7, 11) is 0. The van der Waals surface area contributed by atoms with Crippen LogP contribution < -0.4 is 0 Å². The molecule has 0 aliphatic heterocycles. The number of hydrogen-bond donors (Lipinski definition) is 0. The lowest BCUT2D eigenvalue weighted by Gasteiger charge is -2.07. The molecule has 0 saturated carbocycles. The first kappa shape index (κ1) is 12.8. The van der Waals surface area contributed by atoms with E-state index in [0.29, 0.717) is 5.02 Å². The third-order valence-electron chi connectivity index (χ3n) is 2.85. The minimum Gasteiger partial charge on any atom is -0.294 e. The summed E-state index contributed by atoms with van der Waals surface area (Å²) in [5.41, 5.74) is 2.87. The van der Waals surface area contributed by atoms with E-state index in [4.69, 9.17) is 11.6 Å².